The highest BCUT2D eigenvalue weighted by Gasteiger charge is 2.42. The van der Waals surface area contributed by atoms with Gasteiger partial charge in [-0.1, -0.05) is 31.0 Å². The number of thiazole rings is 1. The van der Waals surface area contributed by atoms with Gasteiger partial charge < -0.3 is 5.32 Å². The maximum atomic E-state index is 13.1. The molecule has 0 bridgehead atoms. The third kappa shape index (κ3) is 2.89. The first-order chi connectivity index (χ1) is 12.0. The van der Waals surface area contributed by atoms with Crippen molar-refractivity contribution in [2.45, 2.75) is 48.5 Å². The van der Waals surface area contributed by atoms with Crippen molar-refractivity contribution in [3.63, 3.8) is 0 Å². The first-order valence-corrected chi connectivity index (χ1v) is 11.1. The van der Waals surface area contributed by atoms with Crippen LogP contribution in [0.1, 0.15) is 48.6 Å². The molecule has 0 saturated heterocycles. The molecule has 1 aliphatic heterocycles. The predicted molar refractivity (Wildman–Crippen MR) is 96.3 cm³/mol. The van der Waals surface area contributed by atoms with Crippen molar-refractivity contribution in [2.75, 3.05) is 5.75 Å². The van der Waals surface area contributed by atoms with Gasteiger partial charge in [0.2, 0.25) is 5.91 Å². The van der Waals surface area contributed by atoms with Gasteiger partial charge in [0.25, 0.3) is 0 Å². The van der Waals surface area contributed by atoms with E-state index in [4.69, 9.17) is 0 Å². The summed E-state index contributed by atoms with van der Waals surface area (Å²) in [5, 5.41) is 6.14. The number of nitrogens with one attached hydrogen (secondary N) is 1. The molecule has 2 heterocycles. The molecule has 25 heavy (non-hydrogen) atoms. The number of sulfone groups is 1. The summed E-state index contributed by atoms with van der Waals surface area (Å²) in [4.78, 5) is 17.8. The molecule has 1 fully saturated rings. The molecular weight excluding hydrogens is 356 g/mol. The standard InChI is InChI=1S/C18H20N2O3S2/c21-16(20-18(8-3-4-9-18)17-19-10-11-24-17)14-7-12-25(22,23)15-6-2-1-5-13(14)15/h1-2,5-6,10-11,14H,3-4,7-9,12H2,(H,20,21). The van der Waals surface area contributed by atoms with Gasteiger partial charge in [-0.25, -0.2) is 13.4 Å². The van der Waals surface area contributed by atoms with Gasteiger partial charge >= 0.3 is 0 Å². The van der Waals surface area contributed by atoms with E-state index in [0.717, 1.165) is 30.7 Å². The van der Waals surface area contributed by atoms with E-state index < -0.39 is 21.3 Å². The van der Waals surface area contributed by atoms with Gasteiger partial charge in [0.05, 0.1) is 22.1 Å². The monoisotopic (exact) mass is 376 g/mol. The fourth-order valence-corrected chi connectivity index (χ4v) is 6.49. The number of amides is 1. The number of aromatic nitrogens is 1. The minimum absolute atomic E-state index is 0.0202. The van der Waals surface area contributed by atoms with Crippen LogP contribution in [-0.2, 0) is 20.2 Å². The summed E-state index contributed by atoms with van der Waals surface area (Å²) in [7, 11) is -3.28. The third-order valence-corrected chi connectivity index (χ3v) is 8.07. The number of fused-ring (bicyclic) bond motifs is 1. The summed E-state index contributed by atoms with van der Waals surface area (Å²) < 4.78 is 24.6. The number of nitrogens with zero attached hydrogens (tertiary/aromatic N) is 1. The summed E-state index contributed by atoms with van der Waals surface area (Å²) >= 11 is 1.57. The van der Waals surface area contributed by atoms with Crippen LogP contribution in [0.4, 0.5) is 0 Å². The Balaban J connectivity index is 1.66. The van der Waals surface area contributed by atoms with Crippen molar-refractivity contribution in [1.29, 1.82) is 0 Å². The zero-order valence-corrected chi connectivity index (χ0v) is 15.4. The average molecular weight is 377 g/mol. The zero-order valence-electron chi connectivity index (χ0n) is 13.8. The summed E-state index contributed by atoms with van der Waals surface area (Å²) in [6, 6.07) is 6.88. The van der Waals surface area contributed by atoms with Crippen molar-refractivity contribution in [3.8, 4) is 0 Å². The number of hydrogen-bond donors (Lipinski definition) is 1. The highest BCUT2D eigenvalue weighted by Crippen LogP contribution is 2.41. The summed E-state index contributed by atoms with van der Waals surface area (Å²) in [5.74, 6) is -0.483. The maximum Gasteiger partial charge on any atom is 0.228 e. The molecule has 1 saturated carbocycles. The molecule has 4 rings (SSSR count). The van der Waals surface area contributed by atoms with E-state index in [1.54, 1.807) is 41.8 Å². The van der Waals surface area contributed by atoms with Gasteiger partial charge in [0.15, 0.2) is 9.84 Å². The van der Waals surface area contributed by atoms with Crippen LogP contribution in [0.15, 0.2) is 40.7 Å². The van der Waals surface area contributed by atoms with Gasteiger partial charge in [-0.2, -0.15) is 0 Å². The van der Waals surface area contributed by atoms with Crippen LogP contribution >= 0.6 is 11.3 Å². The highest BCUT2D eigenvalue weighted by molar-refractivity contribution is 7.91. The fraction of sp³-hybridized carbons (Fsp3) is 0.444. The molecule has 1 N–H and O–H groups in total. The highest BCUT2D eigenvalue weighted by atomic mass is 32.2. The Hall–Kier alpha value is -1.73. The molecule has 1 aromatic heterocycles. The zero-order chi connectivity index (χ0) is 17.5. The van der Waals surface area contributed by atoms with Crippen LogP contribution in [0, 0.1) is 0 Å². The van der Waals surface area contributed by atoms with E-state index in [0.29, 0.717) is 16.9 Å². The van der Waals surface area contributed by atoms with Crippen molar-refractivity contribution >= 4 is 27.1 Å². The molecule has 0 spiro atoms. The lowest BCUT2D eigenvalue weighted by Gasteiger charge is -2.32. The normalized spacial score (nSPS) is 23.8. The van der Waals surface area contributed by atoms with Crippen LogP contribution in [0.2, 0.25) is 0 Å². The molecule has 5 nitrogen and oxygen atoms in total. The molecule has 2 aliphatic rings. The van der Waals surface area contributed by atoms with Crippen molar-refractivity contribution < 1.29 is 13.2 Å². The Morgan fingerprint density at radius 1 is 1.24 bits per heavy atom. The second-order valence-corrected chi connectivity index (χ2v) is 9.79. The molecule has 1 aromatic carbocycles. The van der Waals surface area contributed by atoms with Crippen LogP contribution in [-0.4, -0.2) is 25.1 Å². The van der Waals surface area contributed by atoms with Gasteiger partial charge in [-0.3, -0.25) is 4.79 Å². The Morgan fingerprint density at radius 2 is 2.00 bits per heavy atom. The SMILES string of the molecule is O=C(NC1(c2nccs2)CCCC1)C1CCS(=O)(=O)c2ccccc21. The van der Waals surface area contributed by atoms with E-state index >= 15 is 0 Å². The van der Waals surface area contributed by atoms with E-state index in [-0.39, 0.29) is 11.7 Å². The molecule has 1 amide bonds. The number of hydrogen-bond acceptors (Lipinski definition) is 5. The minimum atomic E-state index is -3.28. The van der Waals surface area contributed by atoms with Crippen LogP contribution in [0.25, 0.3) is 0 Å². The van der Waals surface area contributed by atoms with Crippen molar-refractivity contribution in [3.05, 3.63) is 46.4 Å². The second-order valence-electron chi connectivity index (χ2n) is 6.81. The lowest BCUT2D eigenvalue weighted by atomic mass is 9.91. The van der Waals surface area contributed by atoms with Crippen LogP contribution in [0.5, 0.6) is 0 Å². The Bertz CT molecular complexity index is 885. The first kappa shape index (κ1) is 16.7. The van der Waals surface area contributed by atoms with Crippen LogP contribution in [0.3, 0.4) is 0 Å². The molecule has 1 unspecified atom stereocenters. The Labute approximate surface area is 151 Å². The summed E-state index contributed by atoms with van der Waals surface area (Å²) in [6.45, 7) is 0. The molecule has 1 atom stereocenters. The minimum Gasteiger partial charge on any atom is -0.344 e. The molecule has 132 valence electrons. The van der Waals surface area contributed by atoms with Gasteiger partial charge in [0, 0.05) is 11.6 Å². The Morgan fingerprint density at radius 3 is 2.72 bits per heavy atom. The summed E-state index contributed by atoms with van der Waals surface area (Å²) in [5.41, 5.74) is 0.231. The van der Waals surface area contributed by atoms with Crippen molar-refractivity contribution in [2.24, 2.45) is 0 Å². The Kier molecular flexibility index (Phi) is 4.16. The number of rotatable bonds is 3. The first-order valence-electron chi connectivity index (χ1n) is 8.56. The molecule has 2 aromatic rings. The van der Waals surface area contributed by atoms with Gasteiger partial charge in [0.1, 0.15) is 5.01 Å². The third-order valence-electron chi connectivity index (χ3n) is 5.28. The fourth-order valence-electron chi connectivity index (χ4n) is 4.02. The number of benzene rings is 1. The van der Waals surface area contributed by atoms with E-state index in [9.17, 15) is 13.2 Å². The van der Waals surface area contributed by atoms with Crippen molar-refractivity contribution in [1.82, 2.24) is 10.3 Å². The summed E-state index contributed by atoms with van der Waals surface area (Å²) in [6.07, 6.45) is 6.01. The largest absolute Gasteiger partial charge is 0.344 e. The second kappa shape index (κ2) is 6.21. The lowest BCUT2D eigenvalue weighted by Crippen LogP contribution is -2.46. The average Bonchev–Trinajstić information content (AvgIpc) is 3.27. The molecule has 1 aliphatic carbocycles. The molecular formula is C18H20N2O3S2. The number of carbonyl (C=O) groups is 1. The van der Waals surface area contributed by atoms with E-state index in [1.807, 2.05) is 5.38 Å². The smallest absolute Gasteiger partial charge is 0.228 e. The van der Waals surface area contributed by atoms with Gasteiger partial charge in [-0.15, -0.1) is 11.3 Å². The van der Waals surface area contributed by atoms with E-state index in [2.05, 4.69) is 10.3 Å². The maximum absolute atomic E-state index is 13.1. The van der Waals surface area contributed by atoms with Crippen LogP contribution < -0.4 is 5.32 Å². The predicted octanol–water partition coefficient (Wildman–Crippen LogP) is 2.99. The quantitative estimate of drug-likeness (QED) is 0.893. The molecule has 0 radical (unpaired) electrons. The molecule has 7 heteroatoms. The number of carbonyl (C=O) groups excluding carboxylic acids is 1. The van der Waals surface area contributed by atoms with E-state index in [1.165, 1.54) is 0 Å². The lowest BCUT2D eigenvalue weighted by molar-refractivity contribution is -0.124. The topological polar surface area (TPSA) is 76.1 Å². The van der Waals surface area contributed by atoms with Gasteiger partial charge in [-0.05, 0) is 30.9 Å².